The summed E-state index contributed by atoms with van der Waals surface area (Å²) in [5, 5.41) is 3.71. The van der Waals surface area contributed by atoms with Crippen LogP contribution >= 0.6 is 23.2 Å². The fourth-order valence-corrected chi connectivity index (χ4v) is 5.97. The minimum absolute atomic E-state index is 0.00619. The molecular formula is C30H35Cl2N3O4S. The first-order valence-electron chi connectivity index (χ1n) is 13.2. The molecular weight excluding hydrogens is 569 g/mol. The highest BCUT2D eigenvalue weighted by Gasteiger charge is 2.34. The van der Waals surface area contributed by atoms with E-state index in [1.54, 1.807) is 36.4 Å². The molecule has 1 N–H and O–H groups in total. The van der Waals surface area contributed by atoms with E-state index in [0.29, 0.717) is 34.3 Å². The molecule has 3 rings (SSSR count). The van der Waals surface area contributed by atoms with E-state index in [4.69, 9.17) is 23.2 Å². The second-order valence-electron chi connectivity index (χ2n) is 9.56. The lowest BCUT2D eigenvalue weighted by atomic mass is 10.1. The van der Waals surface area contributed by atoms with E-state index in [-0.39, 0.29) is 17.3 Å². The predicted octanol–water partition coefficient (Wildman–Crippen LogP) is 6.14. The van der Waals surface area contributed by atoms with Crippen LogP contribution in [-0.4, -0.2) is 44.3 Å². The van der Waals surface area contributed by atoms with Gasteiger partial charge in [0.25, 0.3) is 10.0 Å². The quantitative estimate of drug-likeness (QED) is 0.269. The average Bonchev–Trinajstić information content (AvgIpc) is 2.93. The number of anilines is 1. The van der Waals surface area contributed by atoms with Crippen LogP contribution in [0, 0.1) is 13.8 Å². The first-order chi connectivity index (χ1) is 19.0. The van der Waals surface area contributed by atoms with Crippen LogP contribution in [0.2, 0.25) is 10.0 Å². The third-order valence-corrected chi connectivity index (χ3v) is 9.10. The van der Waals surface area contributed by atoms with Crippen molar-refractivity contribution in [3.63, 3.8) is 0 Å². The Morgan fingerprint density at radius 2 is 1.60 bits per heavy atom. The molecule has 7 nitrogen and oxygen atoms in total. The van der Waals surface area contributed by atoms with Crippen LogP contribution in [0.5, 0.6) is 0 Å². The standard InChI is InChI=1S/C30H35Cl2N3O4S/c1-5-17-33-30(37)28(6-2)34(19-23-9-7-8-10-27(23)32)29(36)20-35(25-14-11-21(3)22(4)18-25)40(38,39)26-15-12-24(31)13-16-26/h7-16,18,28H,5-6,17,19-20H2,1-4H3,(H,33,37)/t28-/m1/s1. The number of hydrogen-bond donors (Lipinski definition) is 1. The van der Waals surface area contributed by atoms with E-state index in [1.165, 1.54) is 29.2 Å². The summed E-state index contributed by atoms with van der Waals surface area (Å²) in [6, 6.07) is 17.3. The smallest absolute Gasteiger partial charge is 0.264 e. The van der Waals surface area contributed by atoms with Gasteiger partial charge in [-0.05, 0) is 85.8 Å². The van der Waals surface area contributed by atoms with Crippen LogP contribution in [0.4, 0.5) is 5.69 Å². The number of aryl methyl sites for hydroxylation is 2. The number of rotatable bonds is 12. The third-order valence-electron chi connectivity index (χ3n) is 6.69. The Morgan fingerprint density at radius 1 is 0.925 bits per heavy atom. The zero-order valence-electron chi connectivity index (χ0n) is 23.2. The molecule has 0 fully saturated rings. The van der Waals surface area contributed by atoms with Crippen molar-refractivity contribution >= 4 is 50.7 Å². The Hall–Kier alpha value is -3.07. The molecule has 3 aromatic carbocycles. The summed E-state index contributed by atoms with van der Waals surface area (Å²) in [5.41, 5.74) is 2.85. The summed E-state index contributed by atoms with van der Waals surface area (Å²) < 4.78 is 29.0. The van der Waals surface area contributed by atoms with Crippen LogP contribution in [-0.2, 0) is 26.2 Å². The van der Waals surface area contributed by atoms with Gasteiger partial charge in [-0.25, -0.2) is 8.42 Å². The normalized spacial score (nSPS) is 12.1. The summed E-state index contributed by atoms with van der Waals surface area (Å²) in [6.07, 6.45) is 1.07. The van der Waals surface area contributed by atoms with Crippen molar-refractivity contribution in [1.82, 2.24) is 10.2 Å². The van der Waals surface area contributed by atoms with Crippen molar-refractivity contribution in [1.29, 1.82) is 0 Å². The average molecular weight is 605 g/mol. The summed E-state index contributed by atoms with van der Waals surface area (Å²) >= 11 is 12.4. The predicted molar refractivity (Wildman–Crippen MR) is 161 cm³/mol. The molecule has 0 bridgehead atoms. The molecule has 0 unspecified atom stereocenters. The Morgan fingerprint density at radius 3 is 2.20 bits per heavy atom. The fourth-order valence-electron chi connectivity index (χ4n) is 4.24. The monoisotopic (exact) mass is 603 g/mol. The van der Waals surface area contributed by atoms with Crippen molar-refractivity contribution in [2.45, 2.75) is 58.0 Å². The molecule has 0 heterocycles. The number of carbonyl (C=O) groups excluding carboxylic acids is 2. The molecule has 0 aliphatic rings. The van der Waals surface area contributed by atoms with Gasteiger partial charge in [0.1, 0.15) is 12.6 Å². The zero-order chi connectivity index (χ0) is 29.4. The number of sulfonamides is 1. The van der Waals surface area contributed by atoms with Crippen LogP contribution in [0.1, 0.15) is 43.4 Å². The number of benzene rings is 3. The van der Waals surface area contributed by atoms with Gasteiger partial charge in [-0.1, -0.05) is 61.3 Å². The topological polar surface area (TPSA) is 86.8 Å². The third kappa shape index (κ3) is 7.56. The van der Waals surface area contributed by atoms with Gasteiger partial charge in [0.15, 0.2) is 0 Å². The number of hydrogen-bond acceptors (Lipinski definition) is 4. The van der Waals surface area contributed by atoms with E-state index in [0.717, 1.165) is 21.9 Å². The molecule has 0 saturated carbocycles. The molecule has 0 saturated heterocycles. The zero-order valence-corrected chi connectivity index (χ0v) is 25.5. The molecule has 0 aliphatic carbocycles. The second kappa shape index (κ2) is 14.0. The number of amides is 2. The van der Waals surface area contributed by atoms with E-state index in [9.17, 15) is 18.0 Å². The van der Waals surface area contributed by atoms with Gasteiger partial charge in [0.05, 0.1) is 10.6 Å². The van der Waals surface area contributed by atoms with Crippen molar-refractivity contribution < 1.29 is 18.0 Å². The number of carbonyl (C=O) groups is 2. The first kappa shape index (κ1) is 31.5. The number of nitrogens with zero attached hydrogens (tertiary/aromatic N) is 2. The molecule has 2 amide bonds. The lowest BCUT2D eigenvalue weighted by Gasteiger charge is -2.33. The Kier molecular flexibility index (Phi) is 11.0. The van der Waals surface area contributed by atoms with Crippen LogP contribution in [0.3, 0.4) is 0 Å². The van der Waals surface area contributed by atoms with Gasteiger partial charge in [-0.3, -0.25) is 13.9 Å². The molecule has 0 spiro atoms. The molecule has 10 heteroatoms. The van der Waals surface area contributed by atoms with Gasteiger partial charge >= 0.3 is 0 Å². The van der Waals surface area contributed by atoms with Crippen LogP contribution < -0.4 is 9.62 Å². The van der Waals surface area contributed by atoms with Gasteiger partial charge < -0.3 is 10.2 Å². The highest BCUT2D eigenvalue weighted by Crippen LogP contribution is 2.28. The Balaban J connectivity index is 2.09. The molecule has 0 aromatic heterocycles. The number of nitrogens with one attached hydrogen (secondary N) is 1. The highest BCUT2D eigenvalue weighted by atomic mass is 35.5. The van der Waals surface area contributed by atoms with Crippen LogP contribution in [0.25, 0.3) is 0 Å². The van der Waals surface area contributed by atoms with Gasteiger partial charge in [-0.2, -0.15) is 0 Å². The maximum Gasteiger partial charge on any atom is 0.264 e. The van der Waals surface area contributed by atoms with Crippen molar-refractivity contribution in [3.05, 3.63) is 93.5 Å². The van der Waals surface area contributed by atoms with Crippen molar-refractivity contribution in [3.8, 4) is 0 Å². The van der Waals surface area contributed by atoms with Crippen LogP contribution in [0.15, 0.2) is 71.6 Å². The highest BCUT2D eigenvalue weighted by molar-refractivity contribution is 7.92. The SMILES string of the molecule is CCCNC(=O)[C@@H](CC)N(Cc1ccccc1Cl)C(=O)CN(c1ccc(C)c(C)c1)S(=O)(=O)c1ccc(Cl)cc1. The maximum absolute atomic E-state index is 14.1. The molecule has 1 atom stereocenters. The summed E-state index contributed by atoms with van der Waals surface area (Å²) in [4.78, 5) is 28.6. The fraction of sp³-hybridized carbons (Fsp3) is 0.333. The second-order valence-corrected chi connectivity index (χ2v) is 12.3. The molecule has 3 aromatic rings. The van der Waals surface area contributed by atoms with E-state index < -0.39 is 28.5 Å². The summed E-state index contributed by atoms with van der Waals surface area (Å²) in [6.45, 7) is 7.54. The molecule has 40 heavy (non-hydrogen) atoms. The summed E-state index contributed by atoms with van der Waals surface area (Å²) in [5.74, 6) is -0.836. The van der Waals surface area contributed by atoms with E-state index in [2.05, 4.69) is 5.32 Å². The Labute approximate surface area is 247 Å². The summed E-state index contributed by atoms with van der Waals surface area (Å²) in [7, 11) is -4.18. The van der Waals surface area contributed by atoms with E-state index >= 15 is 0 Å². The first-order valence-corrected chi connectivity index (χ1v) is 15.3. The van der Waals surface area contributed by atoms with Gasteiger partial charge in [-0.15, -0.1) is 0 Å². The van der Waals surface area contributed by atoms with E-state index in [1.807, 2.05) is 33.8 Å². The number of halogens is 2. The molecule has 214 valence electrons. The molecule has 0 radical (unpaired) electrons. The maximum atomic E-state index is 14.1. The van der Waals surface area contributed by atoms with Crippen molar-refractivity contribution in [2.24, 2.45) is 0 Å². The largest absolute Gasteiger partial charge is 0.354 e. The Bertz CT molecular complexity index is 1450. The lowest BCUT2D eigenvalue weighted by Crippen LogP contribution is -2.52. The molecule has 0 aliphatic heterocycles. The van der Waals surface area contributed by atoms with Gasteiger partial charge in [0.2, 0.25) is 11.8 Å². The van der Waals surface area contributed by atoms with Crippen molar-refractivity contribution in [2.75, 3.05) is 17.4 Å². The minimum atomic E-state index is -4.18. The van der Waals surface area contributed by atoms with Gasteiger partial charge in [0, 0.05) is 23.1 Å². The lowest BCUT2D eigenvalue weighted by molar-refractivity contribution is -0.140. The minimum Gasteiger partial charge on any atom is -0.354 e.